The number of hydrogen-bond donors (Lipinski definition) is 0. The average molecular weight is 506 g/mol. The molecule has 188 valence electrons. The van der Waals surface area contributed by atoms with E-state index in [9.17, 15) is 9.59 Å². The SMILES string of the molecule is CCOC(=O)C1=C(C)N=c2s/c(=C\c3ccc(OC)cc3)c(=O)n2C1c1ccc(N(CC)CC)cc1. The number of hydrogen-bond acceptors (Lipinski definition) is 7. The number of ether oxygens (including phenoxy) is 2. The highest BCUT2D eigenvalue weighted by Crippen LogP contribution is 2.31. The number of methoxy groups -OCH3 is 1. The summed E-state index contributed by atoms with van der Waals surface area (Å²) in [7, 11) is 1.62. The number of nitrogens with zero attached hydrogens (tertiary/aromatic N) is 3. The quantitative estimate of drug-likeness (QED) is 0.437. The largest absolute Gasteiger partial charge is 0.497 e. The van der Waals surface area contributed by atoms with Gasteiger partial charge >= 0.3 is 5.97 Å². The molecule has 1 aliphatic rings. The minimum atomic E-state index is -0.621. The van der Waals surface area contributed by atoms with E-state index in [0.29, 0.717) is 20.6 Å². The van der Waals surface area contributed by atoms with Crippen LogP contribution >= 0.6 is 11.3 Å². The molecular formula is C28H31N3O4S. The Morgan fingerprint density at radius 3 is 2.33 bits per heavy atom. The minimum Gasteiger partial charge on any atom is -0.497 e. The Balaban J connectivity index is 1.87. The Hall–Kier alpha value is -3.65. The van der Waals surface area contributed by atoms with Crippen LogP contribution < -0.4 is 24.5 Å². The lowest BCUT2D eigenvalue weighted by Gasteiger charge is -2.26. The molecule has 0 aliphatic carbocycles. The van der Waals surface area contributed by atoms with Crippen LogP contribution in [0.4, 0.5) is 5.69 Å². The van der Waals surface area contributed by atoms with Gasteiger partial charge in [0.25, 0.3) is 5.56 Å². The molecule has 0 spiro atoms. The maximum Gasteiger partial charge on any atom is 0.338 e. The first-order valence-corrected chi connectivity index (χ1v) is 12.9. The first kappa shape index (κ1) is 25.4. The molecule has 0 N–H and O–H groups in total. The summed E-state index contributed by atoms with van der Waals surface area (Å²) in [5, 5.41) is 0. The molecular weight excluding hydrogens is 474 g/mol. The van der Waals surface area contributed by atoms with Crippen LogP contribution in [0.15, 0.2) is 69.6 Å². The van der Waals surface area contributed by atoms with Gasteiger partial charge < -0.3 is 14.4 Å². The highest BCUT2D eigenvalue weighted by Gasteiger charge is 2.33. The van der Waals surface area contributed by atoms with Crippen LogP contribution in [0, 0.1) is 0 Å². The molecule has 0 amide bonds. The highest BCUT2D eigenvalue weighted by molar-refractivity contribution is 7.07. The molecule has 4 rings (SSSR count). The Labute approximate surface area is 214 Å². The molecule has 0 saturated carbocycles. The van der Waals surface area contributed by atoms with Gasteiger partial charge in [-0.2, -0.15) is 0 Å². The summed E-state index contributed by atoms with van der Waals surface area (Å²) in [5.41, 5.74) is 3.55. The van der Waals surface area contributed by atoms with Crippen LogP contribution in [0.5, 0.6) is 5.75 Å². The predicted octanol–water partition coefficient (Wildman–Crippen LogP) is 3.65. The fraction of sp³-hybridized carbons (Fsp3) is 0.321. The lowest BCUT2D eigenvalue weighted by atomic mass is 9.95. The monoisotopic (exact) mass is 505 g/mol. The number of esters is 1. The van der Waals surface area contributed by atoms with Gasteiger partial charge in [-0.05, 0) is 69.2 Å². The summed E-state index contributed by atoms with van der Waals surface area (Å²) in [6, 6.07) is 14.9. The number of fused-ring (bicyclic) bond motifs is 1. The zero-order chi connectivity index (χ0) is 25.8. The summed E-state index contributed by atoms with van der Waals surface area (Å²) < 4.78 is 12.8. The standard InChI is InChI=1S/C28H31N3O4S/c1-6-30(7-2)21-13-11-20(12-14-21)25-24(27(33)35-8-3)18(4)29-28-31(25)26(32)23(36-28)17-19-9-15-22(34-5)16-10-19/h9-17,25H,6-8H2,1-5H3/b23-17-. The second-order valence-electron chi connectivity index (χ2n) is 8.34. The van der Waals surface area contributed by atoms with Crippen molar-refractivity contribution in [1.82, 2.24) is 4.57 Å². The Morgan fingerprint density at radius 1 is 1.08 bits per heavy atom. The van der Waals surface area contributed by atoms with E-state index in [1.165, 1.54) is 11.3 Å². The number of anilines is 1. The molecule has 0 fully saturated rings. The van der Waals surface area contributed by atoms with E-state index in [2.05, 4.69) is 23.7 Å². The van der Waals surface area contributed by atoms with E-state index >= 15 is 0 Å². The fourth-order valence-corrected chi connectivity index (χ4v) is 5.46. The third kappa shape index (κ3) is 4.86. The van der Waals surface area contributed by atoms with Crippen molar-refractivity contribution in [3.05, 3.63) is 90.6 Å². The van der Waals surface area contributed by atoms with Gasteiger partial charge in [-0.15, -0.1) is 0 Å². The van der Waals surface area contributed by atoms with Gasteiger partial charge in [0.1, 0.15) is 5.75 Å². The van der Waals surface area contributed by atoms with E-state index in [0.717, 1.165) is 35.7 Å². The van der Waals surface area contributed by atoms with Crippen molar-refractivity contribution in [2.75, 3.05) is 31.7 Å². The van der Waals surface area contributed by atoms with E-state index < -0.39 is 12.0 Å². The normalized spacial score (nSPS) is 15.4. The number of carbonyl (C=O) groups excluding carboxylic acids is 1. The minimum absolute atomic E-state index is 0.193. The summed E-state index contributed by atoms with van der Waals surface area (Å²) in [5.74, 6) is 0.289. The van der Waals surface area contributed by atoms with Gasteiger partial charge in [0, 0.05) is 18.8 Å². The third-order valence-electron chi connectivity index (χ3n) is 6.27. The fourth-order valence-electron chi connectivity index (χ4n) is 4.41. The molecule has 1 aliphatic heterocycles. The van der Waals surface area contributed by atoms with Crippen molar-refractivity contribution in [3.63, 3.8) is 0 Å². The van der Waals surface area contributed by atoms with Crippen LogP contribution in [-0.2, 0) is 9.53 Å². The maximum atomic E-state index is 13.7. The van der Waals surface area contributed by atoms with Crippen LogP contribution in [0.2, 0.25) is 0 Å². The van der Waals surface area contributed by atoms with Crippen LogP contribution in [0.25, 0.3) is 6.08 Å². The molecule has 1 unspecified atom stereocenters. The first-order valence-electron chi connectivity index (χ1n) is 12.1. The molecule has 1 aromatic heterocycles. The Kier molecular flexibility index (Phi) is 7.74. The van der Waals surface area contributed by atoms with Crippen molar-refractivity contribution >= 4 is 29.1 Å². The number of rotatable bonds is 8. The number of allylic oxidation sites excluding steroid dienone is 1. The lowest BCUT2D eigenvalue weighted by molar-refractivity contribution is -0.139. The van der Waals surface area contributed by atoms with Gasteiger partial charge in [0.2, 0.25) is 0 Å². The van der Waals surface area contributed by atoms with Crippen LogP contribution in [0.3, 0.4) is 0 Å². The molecule has 0 saturated heterocycles. The zero-order valence-corrected chi connectivity index (χ0v) is 22.1. The summed E-state index contributed by atoms with van der Waals surface area (Å²) in [4.78, 5) is 34.2. The third-order valence-corrected chi connectivity index (χ3v) is 7.25. The number of aromatic nitrogens is 1. The van der Waals surface area contributed by atoms with Crippen LogP contribution in [-0.4, -0.2) is 37.3 Å². The molecule has 0 bridgehead atoms. The smallest absolute Gasteiger partial charge is 0.338 e. The zero-order valence-electron chi connectivity index (χ0n) is 21.3. The van der Waals surface area contributed by atoms with Crippen molar-refractivity contribution < 1.29 is 14.3 Å². The highest BCUT2D eigenvalue weighted by atomic mass is 32.1. The second-order valence-corrected chi connectivity index (χ2v) is 9.35. The molecule has 1 atom stereocenters. The number of thiazole rings is 1. The molecule has 7 nitrogen and oxygen atoms in total. The van der Waals surface area contributed by atoms with Gasteiger partial charge in [0.15, 0.2) is 4.80 Å². The Bertz CT molecular complexity index is 1450. The Morgan fingerprint density at radius 2 is 1.75 bits per heavy atom. The van der Waals surface area contributed by atoms with Gasteiger partial charge in [0.05, 0.1) is 35.6 Å². The maximum absolute atomic E-state index is 13.7. The van der Waals surface area contributed by atoms with Crippen molar-refractivity contribution in [1.29, 1.82) is 0 Å². The molecule has 2 heterocycles. The topological polar surface area (TPSA) is 73.1 Å². The molecule has 0 radical (unpaired) electrons. The van der Waals surface area contributed by atoms with Crippen molar-refractivity contribution in [3.8, 4) is 5.75 Å². The second kappa shape index (κ2) is 11.0. The lowest BCUT2D eigenvalue weighted by Crippen LogP contribution is -2.40. The van der Waals surface area contributed by atoms with E-state index in [1.807, 2.05) is 54.6 Å². The predicted molar refractivity (Wildman–Crippen MR) is 143 cm³/mol. The summed E-state index contributed by atoms with van der Waals surface area (Å²) >= 11 is 1.31. The molecule has 8 heteroatoms. The van der Waals surface area contributed by atoms with Gasteiger partial charge in [-0.3, -0.25) is 9.36 Å². The van der Waals surface area contributed by atoms with Crippen molar-refractivity contribution in [2.24, 2.45) is 4.99 Å². The molecule has 36 heavy (non-hydrogen) atoms. The summed E-state index contributed by atoms with van der Waals surface area (Å²) in [6.45, 7) is 9.82. The van der Waals surface area contributed by atoms with E-state index in [1.54, 1.807) is 25.5 Å². The molecule has 3 aromatic rings. The number of carbonyl (C=O) groups is 1. The molecule has 2 aromatic carbocycles. The van der Waals surface area contributed by atoms with E-state index in [4.69, 9.17) is 9.47 Å². The van der Waals surface area contributed by atoms with Crippen LogP contribution in [0.1, 0.15) is 44.9 Å². The van der Waals surface area contributed by atoms with Gasteiger partial charge in [-0.1, -0.05) is 35.6 Å². The average Bonchev–Trinajstić information content (AvgIpc) is 3.19. The number of benzene rings is 2. The van der Waals surface area contributed by atoms with Crippen molar-refractivity contribution in [2.45, 2.75) is 33.7 Å². The van der Waals surface area contributed by atoms with Gasteiger partial charge in [-0.25, -0.2) is 9.79 Å². The first-order chi connectivity index (χ1) is 17.4. The van der Waals surface area contributed by atoms with E-state index in [-0.39, 0.29) is 12.2 Å². The summed E-state index contributed by atoms with van der Waals surface area (Å²) in [6.07, 6.45) is 1.84.